The number of carbonyl (C=O) groups excluding carboxylic acids is 1. The SMILES string of the molecule is CCOc1ccc(-c2noc(CCC(=O)N[C@@H]3C[C@H]4C[C@H]3[C@@H]3CCC[C@H]43)n2)cc1. The van der Waals surface area contributed by atoms with E-state index in [1.807, 2.05) is 31.2 Å². The van der Waals surface area contributed by atoms with Crippen LogP contribution in [0.4, 0.5) is 0 Å². The number of rotatable bonds is 7. The Hall–Kier alpha value is -2.37. The third-order valence-electron chi connectivity index (χ3n) is 7.23. The minimum atomic E-state index is 0.109. The standard InChI is InChI=1S/C23H29N3O3/c1-2-28-16-8-6-14(7-9-16)23-25-22(29-26-23)11-10-21(27)24-20-13-15-12-19(20)18-5-3-4-17(15)18/h6-9,15,17-20H,2-5,10-13H2,1H3,(H,24,27)/t15-,17-,18-,19+,20-/m1/s1. The summed E-state index contributed by atoms with van der Waals surface area (Å²) in [7, 11) is 0. The predicted molar refractivity (Wildman–Crippen MR) is 108 cm³/mol. The van der Waals surface area contributed by atoms with Crippen molar-refractivity contribution in [1.29, 1.82) is 0 Å². The van der Waals surface area contributed by atoms with Crippen LogP contribution >= 0.6 is 0 Å². The zero-order chi connectivity index (χ0) is 19.8. The number of carbonyl (C=O) groups is 1. The van der Waals surface area contributed by atoms with Crippen molar-refractivity contribution >= 4 is 5.91 Å². The van der Waals surface area contributed by atoms with Crippen LogP contribution in [-0.4, -0.2) is 28.7 Å². The van der Waals surface area contributed by atoms with Crippen LogP contribution in [0.1, 0.15) is 51.3 Å². The fourth-order valence-corrected chi connectivity index (χ4v) is 6.07. The predicted octanol–water partition coefficient (Wildman–Crippen LogP) is 4.01. The maximum absolute atomic E-state index is 12.5. The molecule has 29 heavy (non-hydrogen) atoms. The van der Waals surface area contributed by atoms with Crippen molar-refractivity contribution in [2.75, 3.05) is 6.61 Å². The lowest BCUT2D eigenvalue weighted by molar-refractivity contribution is -0.122. The van der Waals surface area contributed by atoms with E-state index in [0.717, 1.165) is 29.1 Å². The van der Waals surface area contributed by atoms with Crippen LogP contribution in [0.25, 0.3) is 11.4 Å². The molecule has 1 heterocycles. The highest BCUT2D eigenvalue weighted by atomic mass is 16.5. The molecule has 2 bridgehead atoms. The topological polar surface area (TPSA) is 77.2 Å². The van der Waals surface area contributed by atoms with Crippen molar-refractivity contribution in [2.45, 2.75) is 57.9 Å². The molecule has 3 aliphatic rings. The molecule has 0 aliphatic heterocycles. The summed E-state index contributed by atoms with van der Waals surface area (Å²) in [6.45, 7) is 2.59. The van der Waals surface area contributed by atoms with Crippen LogP contribution in [0.15, 0.2) is 28.8 Å². The second-order valence-corrected chi connectivity index (χ2v) is 8.80. The monoisotopic (exact) mass is 395 g/mol. The molecule has 6 nitrogen and oxygen atoms in total. The number of nitrogens with one attached hydrogen (secondary N) is 1. The van der Waals surface area contributed by atoms with E-state index in [2.05, 4.69) is 15.5 Å². The van der Waals surface area contributed by atoms with Gasteiger partial charge in [0, 0.05) is 24.4 Å². The van der Waals surface area contributed by atoms with Crippen LogP contribution in [0.3, 0.4) is 0 Å². The van der Waals surface area contributed by atoms with E-state index in [-0.39, 0.29) is 5.91 Å². The number of hydrogen-bond donors (Lipinski definition) is 1. The maximum Gasteiger partial charge on any atom is 0.227 e. The highest BCUT2D eigenvalue weighted by Gasteiger charge is 2.53. The van der Waals surface area contributed by atoms with Gasteiger partial charge in [0.2, 0.25) is 17.6 Å². The lowest BCUT2D eigenvalue weighted by Gasteiger charge is -2.32. The Morgan fingerprint density at radius 3 is 2.83 bits per heavy atom. The summed E-state index contributed by atoms with van der Waals surface area (Å²) in [5, 5.41) is 7.36. The van der Waals surface area contributed by atoms with Gasteiger partial charge in [-0.25, -0.2) is 0 Å². The molecular weight excluding hydrogens is 366 g/mol. The minimum absolute atomic E-state index is 0.109. The molecule has 5 atom stereocenters. The Morgan fingerprint density at radius 2 is 2.00 bits per heavy atom. The zero-order valence-electron chi connectivity index (χ0n) is 17.0. The first kappa shape index (κ1) is 18.6. The minimum Gasteiger partial charge on any atom is -0.494 e. The fraction of sp³-hybridized carbons (Fsp3) is 0.609. The number of fused-ring (bicyclic) bond motifs is 5. The molecule has 0 spiro atoms. The number of aryl methyl sites for hydroxylation is 1. The van der Waals surface area contributed by atoms with Gasteiger partial charge in [-0.2, -0.15) is 4.98 Å². The van der Waals surface area contributed by atoms with Gasteiger partial charge in [0.25, 0.3) is 0 Å². The number of ether oxygens (including phenoxy) is 1. The van der Waals surface area contributed by atoms with Crippen molar-refractivity contribution in [3.63, 3.8) is 0 Å². The molecule has 0 saturated heterocycles. The largest absolute Gasteiger partial charge is 0.494 e. The molecule has 1 aromatic carbocycles. The smallest absolute Gasteiger partial charge is 0.227 e. The first-order chi connectivity index (χ1) is 14.2. The highest BCUT2D eigenvalue weighted by molar-refractivity contribution is 5.76. The lowest BCUT2D eigenvalue weighted by Crippen LogP contribution is -2.42. The van der Waals surface area contributed by atoms with E-state index < -0.39 is 0 Å². The summed E-state index contributed by atoms with van der Waals surface area (Å²) in [4.78, 5) is 16.9. The van der Waals surface area contributed by atoms with E-state index in [9.17, 15) is 4.79 Å². The Kier molecular flexibility index (Phi) is 5.02. The number of nitrogens with zero attached hydrogens (tertiary/aromatic N) is 2. The average Bonchev–Trinajstić information content (AvgIpc) is 3.49. The zero-order valence-corrected chi connectivity index (χ0v) is 17.0. The van der Waals surface area contributed by atoms with Crippen LogP contribution in [0.2, 0.25) is 0 Å². The van der Waals surface area contributed by atoms with Gasteiger partial charge in [0.15, 0.2) is 0 Å². The van der Waals surface area contributed by atoms with Gasteiger partial charge in [0.05, 0.1) is 6.61 Å². The number of aromatic nitrogens is 2. The van der Waals surface area contributed by atoms with E-state index in [1.54, 1.807) is 0 Å². The van der Waals surface area contributed by atoms with E-state index in [0.29, 0.717) is 43.1 Å². The quantitative estimate of drug-likeness (QED) is 0.766. The third kappa shape index (κ3) is 3.65. The van der Waals surface area contributed by atoms with Gasteiger partial charge in [-0.3, -0.25) is 4.79 Å². The summed E-state index contributed by atoms with van der Waals surface area (Å²) in [5.74, 6) is 5.37. The first-order valence-electron chi connectivity index (χ1n) is 11.1. The van der Waals surface area contributed by atoms with Crippen molar-refractivity contribution in [1.82, 2.24) is 15.5 Å². The van der Waals surface area contributed by atoms with Crippen LogP contribution in [0.5, 0.6) is 5.75 Å². The van der Waals surface area contributed by atoms with E-state index in [1.165, 1.54) is 32.1 Å². The molecule has 3 aliphatic carbocycles. The summed E-state index contributed by atoms with van der Waals surface area (Å²) in [5.41, 5.74) is 0.876. The number of benzene rings is 1. The normalized spacial score (nSPS) is 29.8. The average molecular weight is 396 g/mol. The van der Waals surface area contributed by atoms with Gasteiger partial charge in [-0.15, -0.1) is 0 Å². The fourth-order valence-electron chi connectivity index (χ4n) is 6.07. The first-order valence-corrected chi connectivity index (χ1v) is 11.1. The molecule has 2 aromatic rings. The van der Waals surface area contributed by atoms with Crippen molar-refractivity contribution < 1.29 is 14.1 Å². The second-order valence-electron chi connectivity index (χ2n) is 8.80. The molecule has 3 saturated carbocycles. The Balaban J connectivity index is 1.13. The summed E-state index contributed by atoms with van der Waals surface area (Å²) in [6, 6.07) is 8.00. The van der Waals surface area contributed by atoms with Gasteiger partial charge >= 0.3 is 0 Å². The van der Waals surface area contributed by atoms with Gasteiger partial charge in [-0.05, 0) is 80.5 Å². The van der Waals surface area contributed by atoms with E-state index in [4.69, 9.17) is 9.26 Å². The Bertz CT molecular complexity index is 863. The molecule has 1 N–H and O–H groups in total. The van der Waals surface area contributed by atoms with Crippen LogP contribution in [0, 0.1) is 23.7 Å². The molecule has 0 radical (unpaired) electrons. The number of hydrogen-bond acceptors (Lipinski definition) is 5. The lowest BCUT2D eigenvalue weighted by atomic mass is 9.79. The third-order valence-corrected chi connectivity index (χ3v) is 7.23. The van der Waals surface area contributed by atoms with Crippen LogP contribution in [-0.2, 0) is 11.2 Å². The maximum atomic E-state index is 12.5. The Morgan fingerprint density at radius 1 is 1.17 bits per heavy atom. The molecule has 0 unspecified atom stereocenters. The van der Waals surface area contributed by atoms with Crippen molar-refractivity contribution in [3.8, 4) is 17.1 Å². The highest BCUT2D eigenvalue weighted by Crippen LogP contribution is 2.58. The molecule has 6 heteroatoms. The summed E-state index contributed by atoms with van der Waals surface area (Å²) < 4.78 is 10.8. The molecule has 1 aromatic heterocycles. The number of amides is 1. The Labute approximate surface area is 171 Å². The van der Waals surface area contributed by atoms with Gasteiger partial charge in [0.1, 0.15) is 5.75 Å². The van der Waals surface area contributed by atoms with Gasteiger partial charge in [-0.1, -0.05) is 11.6 Å². The van der Waals surface area contributed by atoms with Crippen LogP contribution < -0.4 is 10.1 Å². The second kappa shape index (κ2) is 7.81. The molecule has 1 amide bonds. The molecule has 154 valence electrons. The molecule has 5 rings (SSSR count). The van der Waals surface area contributed by atoms with Gasteiger partial charge < -0.3 is 14.6 Å². The van der Waals surface area contributed by atoms with Crippen molar-refractivity contribution in [2.24, 2.45) is 23.7 Å². The van der Waals surface area contributed by atoms with Crippen molar-refractivity contribution in [3.05, 3.63) is 30.2 Å². The van der Waals surface area contributed by atoms with E-state index >= 15 is 0 Å². The summed E-state index contributed by atoms with van der Waals surface area (Å²) >= 11 is 0. The molecule has 3 fully saturated rings. The summed E-state index contributed by atoms with van der Waals surface area (Å²) in [6.07, 6.45) is 7.55. The molecular formula is C23H29N3O3.